The lowest BCUT2D eigenvalue weighted by Crippen LogP contribution is -2.39. The van der Waals surface area contributed by atoms with E-state index in [0.29, 0.717) is 31.2 Å². The zero-order chi connectivity index (χ0) is 20.3. The minimum atomic E-state index is -4.42. The van der Waals surface area contributed by atoms with Crippen LogP contribution in [0.3, 0.4) is 0 Å². The van der Waals surface area contributed by atoms with E-state index in [1.807, 2.05) is 0 Å². The van der Waals surface area contributed by atoms with Crippen molar-refractivity contribution in [3.63, 3.8) is 0 Å². The van der Waals surface area contributed by atoms with E-state index in [4.69, 9.17) is 9.47 Å². The normalized spacial score (nSPS) is 19.9. The summed E-state index contributed by atoms with van der Waals surface area (Å²) in [7, 11) is 3.16. The second-order valence-corrected chi connectivity index (χ2v) is 6.67. The van der Waals surface area contributed by atoms with E-state index in [-0.39, 0.29) is 29.8 Å². The van der Waals surface area contributed by atoms with Crippen LogP contribution in [0, 0.1) is 0 Å². The van der Waals surface area contributed by atoms with Gasteiger partial charge in [0, 0.05) is 31.5 Å². The van der Waals surface area contributed by atoms with E-state index in [0.717, 1.165) is 12.3 Å². The molecule has 1 aliphatic rings. The van der Waals surface area contributed by atoms with E-state index in [2.05, 4.69) is 15.4 Å². The maximum Gasteiger partial charge on any atom is 0.417 e. The molecule has 1 amide bonds. The zero-order valence-electron chi connectivity index (χ0n) is 15.5. The smallest absolute Gasteiger partial charge is 0.417 e. The molecule has 0 aromatic carbocycles. The number of aryl methyl sites for hydroxylation is 1. The molecule has 28 heavy (non-hydrogen) atoms. The predicted molar refractivity (Wildman–Crippen MR) is 93.1 cm³/mol. The Morgan fingerprint density at radius 3 is 2.54 bits per heavy atom. The molecule has 1 saturated carbocycles. The van der Waals surface area contributed by atoms with E-state index in [1.165, 1.54) is 17.9 Å². The molecule has 0 atom stereocenters. The Labute approximate surface area is 159 Å². The summed E-state index contributed by atoms with van der Waals surface area (Å²) in [6, 6.07) is 2.17. The third kappa shape index (κ3) is 4.73. The lowest BCUT2D eigenvalue weighted by atomic mass is 9.93. The minimum Gasteiger partial charge on any atom is -0.479 e. The lowest BCUT2D eigenvalue weighted by molar-refractivity contribution is -0.137. The molecule has 1 N–H and O–H groups in total. The standard InChI is InChI=1S/C18H21F3N4O3/c1-25-10-14(17(24-25)27-2)16(26)23-12-4-6-13(7-5-12)28-15-8-3-11(9-22-15)18(19,20)21/h3,8-10,12-13H,4-7H2,1-2H3,(H,23,26). The Kier molecular flexibility index (Phi) is 5.76. The number of amides is 1. The van der Waals surface area contributed by atoms with Crippen LogP contribution in [0.2, 0.25) is 0 Å². The Hall–Kier alpha value is -2.78. The fraction of sp³-hybridized carbons (Fsp3) is 0.500. The van der Waals surface area contributed by atoms with Gasteiger partial charge >= 0.3 is 6.18 Å². The van der Waals surface area contributed by atoms with Gasteiger partial charge < -0.3 is 14.8 Å². The minimum absolute atomic E-state index is 0.0159. The summed E-state index contributed by atoms with van der Waals surface area (Å²) in [4.78, 5) is 16.1. The average Bonchev–Trinajstić information content (AvgIpc) is 3.04. The fourth-order valence-electron chi connectivity index (χ4n) is 3.15. The summed E-state index contributed by atoms with van der Waals surface area (Å²) < 4.78 is 50.0. The largest absolute Gasteiger partial charge is 0.479 e. The number of alkyl halides is 3. The molecule has 3 rings (SSSR count). The van der Waals surface area contributed by atoms with Crippen molar-refractivity contribution < 1.29 is 27.4 Å². The topological polar surface area (TPSA) is 78.3 Å². The van der Waals surface area contributed by atoms with Gasteiger partial charge in [0.1, 0.15) is 11.7 Å². The maximum absolute atomic E-state index is 12.6. The molecular weight excluding hydrogens is 377 g/mol. The number of aromatic nitrogens is 3. The van der Waals surface area contributed by atoms with Crippen LogP contribution in [0.15, 0.2) is 24.5 Å². The highest BCUT2D eigenvalue weighted by Crippen LogP contribution is 2.30. The highest BCUT2D eigenvalue weighted by Gasteiger charge is 2.31. The third-order valence-electron chi connectivity index (χ3n) is 4.59. The van der Waals surface area contributed by atoms with Gasteiger partial charge in [0.2, 0.25) is 11.8 Å². The fourth-order valence-corrected chi connectivity index (χ4v) is 3.15. The summed E-state index contributed by atoms with van der Waals surface area (Å²) in [5, 5.41) is 7.02. The number of carbonyl (C=O) groups is 1. The number of methoxy groups -OCH3 is 1. The molecule has 0 unspecified atom stereocenters. The molecule has 152 valence electrons. The van der Waals surface area contributed by atoms with E-state index in [1.54, 1.807) is 13.2 Å². The van der Waals surface area contributed by atoms with E-state index < -0.39 is 11.7 Å². The van der Waals surface area contributed by atoms with Gasteiger partial charge in [-0.1, -0.05) is 0 Å². The van der Waals surface area contributed by atoms with Crippen LogP contribution in [0.1, 0.15) is 41.6 Å². The van der Waals surface area contributed by atoms with Gasteiger partial charge in [0.25, 0.3) is 5.91 Å². The molecule has 2 heterocycles. The van der Waals surface area contributed by atoms with Crippen molar-refractivity contribution in [2.75, 3.05) is 7.11 Å². The molecule has 1 aliphatic carbocycles. The second kappa shape index (κ2) is 8.07. The predicted octanol–water partition coefficient (Wildman–Crippen LogP) is 2.96. The molecule has 0 radical (unpaired) electrons. The molecule has 7 nitrogen and oxygen atoms in total. The van der Waals surface area contributed by atoms with Crippen LogP contribution in [0.25, 0.3) is 0 Å². The van der Waals surface area contributed by atoms with E-state index >= 15 is 0 Å². The van der Waals surface area contributed by atoms with Crippen molar-refractivity contribution in [3.8, 4) is 11.8 Å². The molecule has 1 fully saturated rings. The van der Waals surface area contributed by atoms with Crippen LogP contribution in [0.5, 0.6) is 11.8 Å². The van der Waals surface area contributed by atoms with Crippen molar-refractivity contribution in [3.05, 3.63) is 35.7 Å². The van der Waals surface area contributed by atoms with Crippen LogP contribution >= 0.6 is 0 Å². The average molecular weight is 398 g/mol. The quantitative estimate of drug-likeness (QED) is 0.838. The van der Waals surface area contributed by atoms with Crippen molar-refractivity contribution in [2.45, 2.75) is 44.0 Å². The molecule has 2 aromatic heterocycles. The van der Waals surface area contributed by atoms with Crippen LogP contribution in [0.4, 0.5) is 13.2 Å². The second-order valence-electron chi connectivity index (χ2n) is 6.67. The molecule has 10 heteroatoms. The van der Waals surface area contributed by atoms with Crippen LogP contribution in [-0.4, -0.2) is 39.9 Å². The number of nitrogens with zero attached hydrogens (tertiary/aromatic N) is 3. The summed E-state index contributed by atoms with van der Waals surface area (Å²) in [5.41, 5.74) is -0.436. The number of ether oxygens (including phenoxy) is 2. The first kappa shape index (κ1) is 20.0. The zero-order valence-corrected chi connectivity index (χ0v) is 15.5. The Morgan fingerprint density at radius 1 is 1.25 bits per heavy atom. The number of hydrogen-bond donors (Lipinski definition) is 1. The number of nitrogens with one attached hydrogen (secondary N) is 1. The van der Waals surface area contributed by atoms with Crippen molar-refractivity contribution in [1.82, 2.24) is 20.1 Å². The summed E-state index contributed by atoms with van der Waals surface area (Å²) >= 11 is 0. The third-order valence-corrected chi connectivity index (χ3v) is 4.59. The Balaban J connectivity index is 1.50. The SMILES string of the molecule is COc1nn(C)cc1C(=O)NC1CCC(Oc2ccc(C(F)(F)F)cn2)CC1. The molecule has 0 spiro atoms. The van der Waals surface area contributed by atoms with Gasteiger partial charge in [-0.2, -0.15) is 13.2 Å². The maximum atomic E-state index is 12.6. The van der Waals surface area contributed by atoms with Crippen LogP contribution < -0.4 is 14.8 Å². The Morgan fingerprint density at radius 2 is 1.96 bits per heavy atom. The van der Waals surface area contributed by atoms with Gasteiger partial charge in [-0.05, 0) is 31.7 Å². The lowest BCUT2D eigenvalue weighted by Gasteiger charge is -2.29. The first-order valence-electron chi connectivity index (χ1n) is 8.84. The number of hydrogen-bond acceptors (Lipinski definition) is 5. The number of carbonyl (C=O) groups excluding carboxylic acids is 1. The molecule has 0 saturated heterocycles. The number of pyridine rings is 1. The van der Waals surface area contributed by atoms with Gasteiger partial charge in [-0.15, -0.1) is 5.10 Å². The summed E-state index contributed by atoms with van der Waals surface area (Å²) in [6.07, 6.45) is 0.514. The van der Waals surface area contributed by atoms with Crippen LogP contribution in [-0.2, 0) is 13.2 Å². The van der Waals surface area contributed by atoms with Gasteiger partial charge in [0.05, 0.1) is 12.7 Å². The molecule has 2 aromatic rings. The molecular formula is C18H21F3N4O3. The van der Waals surface area contributed by atoms with Crippen molar-refractivity contribution in [1.29, 1.82) is 0 Å². The summed E-state index contributed by atoms with van der Waals surface area (Å²) in [5.74, 6) is 0.185. The monoisotopic (exact) mass is 398 g/mol. The first-order chi connectivity index (χ1) is 13.3. The molecule has 0 aliphatic heterocycles. The highest BCUT2D eigenvalue weighted by atomic mass is 19.4. The van der Waals surface area contributed by atoms with E-state index in [9.17, 15) is 18.0 Å². The number of halogens is 3. The van der Waals surface area contributed by atoms with Gasteiger partial charge in [-0.25, -0.2) is 4.98 Å². The number of rotatable bonds is 5. The van der Waals surface area contributed by atoms with Gasteiger partial charge in [0.15, 0.2) is 0 Å². The molecule has 0 bridgehead atoms. The first-order valence-corrected chi connectivity index (χ1v) is 8.84. The van der Waals surface area contributed by atoms with Crippen molar-refractivity contribution in [2.24, 2.45) is 7.05 Å². The van der Waals surface area contributed by atoms with Crippen molar-refractivity contribution >= 4 is 5.91 Å². The summed E-state index contributed by atoms with van der Waals surface area (Å²) in [6.45, 7) is 0. The van der Waals surface area contributed by atoms with Gasteiger partial charge in [-0.3, -0.25) is 9.48 Å². The Bertz CT molecular complexity index is 812. The highest BCUT2D eigenvalue weighted by molar-refractivity contribution is 5.96.